The van der Waals surface area contributed by atoms with Crippen LogP contribution in [0, 0.1) is 10.1 Å². The highest BCUT2D eigenvalue weighted by Crippen LogP contribution is 2.13. The number of nitrogens with two attached hydrogens (primary N) is 2. The van der Waals surface area contributed by atoms with Crippen molar-refractivity contribution in [1.29, 1.82) is 0 Å². The molecule has 0 radical (unpaired) electrons. The predicted octanol–water partition coefficient (Wildman–Crippen LogP) is 1.29. The number of aliphatic carboxylic acids is 1. The van der Waals surface area contributed by atoms with E-state index in [1.54, 1.807) is 5.43 Å². The quantitative estimate of drug-likeness (QED) is 0.0616. The van der Waals surface area contributed by atoms with E-state index < -0.39 is 41.1 Å². The second-order valence-corrected chi connectivity index (χ2v) is 8.03. The van der Waals surface area contributed by atoms with E-state index >= 15 is 0 Å². The predicted molar refractivity (Wildman–Crippen MR) is 136 cm³/mol. The van der Waals surface area contributed by atoms with Crippen LogP contribution < -0.4 is 22.2 Å². The number of carbonyl (C=O) groups excluding carboxylic acids is 2. The molecular weight excluding hydrogens is 541 g/mol. The molecule has 2 atom stereocenters. The number of nitrogens with one attached hydrogen (secondary N) is 2. The summed E-state index contributed by atoms with van der Waals surface area (Å²) in [5.74, 6) is -4.21. The molecule has 16 heteroatoms. The molecular formula is C24H29F3N6O7. The third kappa shape index (κ3) is 14.3. The lowest BCUT2D eigenvalue weighted by Crippen LogP contribution is -2.49. The van der Waals surface area contributed by atoms with Crippen LogP contribution in [0.2, 0.25) is 0 Å². The Morgan fingerprint density at radius 3 is 2.08 bits per heavy atom. The number of halogens is 3. The molecule has 2 aromatic rings. The number of hydrazine groups is 1. The van der Waals surface area contributed by atoms with Crippen LogP contribution >= 0.6 is 0 Å². The molecule has 13 nitrogen and oxygen atoms in total. The highest BCUT2D eigenvalue weighted by atomic mass is 19.4. The lowest BCUT2D eigenvalue weighted by atomic mass is 10.1. The summed E-state index contributed by atoms with van der Waals surface area (Å²) in [5.41, 5.74) is 14.8. The van der Waals surface area contributed by atoms with Crippen LogP contribution in [0.5, 0.6) is 0 Å². The van der Waals surface area contributed by atoms with Gasteiger partial charge in [0.2, 0.25) is 5.91 Å². The standard InChI is InChI=1S/C22H28N6O5.C2HF3O2/c23-18(14-16-8-3-1-4-9-16)20(29)26-19(12-7-13-25-22(24)27-28(31)32)21(30)33-15-17-10-5-2-6-11-17;3-2(4,5)1(6)7/h1-6,8-11,18-19H,7,12-15,23H2,(H,26,29)(H3,24,25,27);(H,6,7)/t18-,19-;/m0./s1. The molecule has 7 N–H and O–H groups in total. The highest BCUT2D eigenvalue weighted by molar-refractivity contribution is 5.87. The van der Waals surface area contributed by atoms with Gasteiger partial charge in [-0.25, -0.2) is 24.7 Å². The number of rotatable bonds is 12. The van der Waals surface area contributed by atoms with E-state index in [0.717, 1.165) is 11.1 Å². The van der Waals surface area contributed by atoms with Gasteiger partial charge in [0.1, 0.15) is 12.6 Å². The Labute approximate surface area is 226 Å². The van der Waals surface area contributed by atoms with Crippen molar-refractivity contribution in [3.05, 3.63) is 81.9 Å². The second kappa shape index (κ2) is 17.0. The third-order valence-corrected chi connectivity index (χ3v) is 4.84. The Balaban J connectivity index is 0.00000101. The number of guanidine groups is 1. The van der Waals surface area contributed by atoms with E-state index in [9.17, 15) is 32.9 Å². The number of ether oxygens (including phenoxy) is 1. The van der Waals surface area contributed by atoms with Gasteiger partial charge in [0.15, 0.2) is 5.03 Å². The Kier molecular flexibility index (Phi) is 14.1. The van der Waals surface area contributed by atoms with Crippen molar-refractivity contribution < 1.29 is 42.4 Å². The summed E-state index contributed by atoms with van der Waals surface area (Å²) in [5, 5.41) is 19.3. The normalized spacial score (nSPS) is 12.7. The van der Waals surface area contributed by atoms with E-state index in [2.05, 4.69) is 10.3 Å². The van der Waals surface area contributed by atoms with E-state index in [0.29, 0.717) is 12.8 Å². The number of carbonyl (C=O) groups is 3. The molecule has 0 fully saturated rings. The van der Waals surface area contributed by atoms with Gasteiger partial charge in [0.05, 0.1) is 6.04 Å². The summed E-state index contributed by atoms with van der Waals surface area (Å²) < 4.78 is 37.1. The maximum atomic E-state index is 12.7. The average molecular weight is 571 g/mol. The summed E-state index contributed by atoms with van der Waals surface area (Å²) in [6.45, 7) is 0.168. The van der Waals surface area contributed by atoms with Gasteiger partial charge in [0.25, 0.3) is 5.96 Å². The lowest BCUT2D eigenvalue weighted by Gasteiger charge is -2.20. The van der Waals surface area contributed by atoms with E-state index in [-0.39, 0.29) is 25.5 Å². The molecule has 0 bridgehead atoms. The van der Waals surface area contributed by atoms with Gasteiger partial charge in [-0.2, -0.15) is 13.2 Å². The number of carboxylic acids is 1. The Morgan fingerprint density at radius 1 is 1.05 bits per heavy atom. The van der Waals surface area contributed by atoms with Crippen molar-refractivity contribution in [2.45, 2.75) is 44.1 Å². The van der Waals surface area contributed by atoms with Gasteiger partial charge in [-0.05, 0) is 30.4 Å². The maximum Gasteiger partial charge on any atom is 0.490 e. The molecule has 218 valence electrons. The van der Waals surface area contributed by atoms with E-state index in [1.165, 1.54) is 0 Å². The number of hydrogen-bond acceptors (Lipinski definition) is 8. The number of aliphatic imine (C=N–C) groups is 1. The largest absolute Gasteiger partial charge is 0.490 e. The van der Waals surface area contributed by atoms with Crippen molar-refractivity contribution in [3.8, 4) is 0 Å². The molecule has 0 aliphatic heterocycles. The number of amides is 1. The number of alkyl halides is 3. The van der Waals surface area contributed by atoms with Crippen molar-refractivity contribution in [2.75, 3.05) is 6.54 Å². The topological polar surface area (TPSA) is 212 Å². The monoisotopic (exact) mass is 570 g/mol. The van der Waals surface area contributed by atoms with E-state index in [1.807, 2.05) is 60.7 Å². The minimum atomic E-state index is -5.08. The van der Waals surface area contributed by atoms with Crippen molar-refractivity contribution in [3.63, 3.8) is 0 Å². The first-order chi connectivity index (χ1) is 18.8. The molecule has 0 saturated carbocycles. The van der Waals surface area contributed by atoms with Gasteiger partial charge >= 0.3 is 18.1 Å². The fourth-order valence-corrected chi connectivity index (χ4v) is 2.94. The molecule has 1 amide bonds. The van der Waals surface area contributed by atoms with Crippen LogP contribution in [0.1, 0.15) is 24.0 Å². The summed E-state index contributed by atoms with van der Waals surface area (Å²) in [6, 6.07) is 16.6. The summed E-state index contributed by atoms with van der Waals surface area (Å²) in [6.07, 6.45) is -4.27. The number of benzene rings is 2. The fraction of sp³-hybridized carbons (Fsp3) is 0.333. The van der Waals surface area contributed by atoms with E-state index in [4.69, 9.17) is 26.1 Å². The van der Waals surface area contributed by atoms with Crippen LogP contribution in [-0.2, 0) is 32.1 Å². The van der Waals surface area contributed by atoms with Crippen LogP contribution in [0.15, 0.2) is 65.7 Å². The Morgan fingerprint density at radius 2 is 1.57 bits per heavy atom. The maximum absolute atomic E-state index is 12.7. The minimum absolute atomic E-state index is 0.0555. The first kappa shape index (κ1) is 33.3. The first-order valence-electron chi connectivity index (χ1n) is 11.6. The number of hydrogen-bond donors (Lipinski definition) is 5. The molecule has 0 saturated heterocycles. The van der Waals surface area contributed by atoms with Crippen LogP contribution in [0.4, 0.5) is 13.2 Å². The average Bonchev–Trinajstić information content (AvgIpc) is 2.89. The molecule has 0 unspecified atom stereocenters. The first-order valence-corrected chi connectivity index (χ1v) is 11.6. The zero-order valence-electron chi connectivity index (χ0n) is 21.0. The molecule has 0 aromatic heterocycles. The summed E-state index contributed by atoms with van der Waals surface area (Å²) >= 11 is 0. The minimum Gasteiger partial charge on any atom is -0.475 e. The number of nitrogens with zero attached hydrogens (tertiary/aromatic N) is 2. The van der Waals surface area contributed by atoms with Crippen LogP contribution in [-0.4, -0.2) is 58.7 Å². The molecule has 0 aliphatic rings. The Bertz CT molecular complexity index is 1130. The van der Waals surface area contributed by atoms with Crippen molar-refractivity contribution in [1.82, 2.24) is 10.7 Å². The molecule has 0 spiro atoms. The Hall–Kier alpha value is -4.73. The van der Waals surface area contributed by atoms with Gasteiger partial charge in [-0.1, -0.05) is 66.1 Å². The zero-order chi connectivity index (χ0) is 30.1. The van der Waals surface area contributed by atoms with Gasteiger partial charge in [-0.15, -0.1) is 0 Å². The van der Waals surface area contributed by atoms with Gasteiger partial charge in [0, 0.05) is 6.54 Å². The number of esters is 1. The molecule has 2 rings (SSSR count). The number of nitro groups is 1. The third-order valence-electron chi connectivity index (χ3n) is 4.84. The van der Waals surface area contributed by atoms with Crippen molar-refractivity contribution >= 4 is 23.8 Å². The summed E-state index contributed by atoms with van der Waals surface area (Å²) in [4.78, 5) is 48.4. The van der Waals surface area contributed by atoms with Crippen LogP contribution in [0.25, 0.3) is 0 Å². The molecule has 0 aliphatic carbocycles. The lowest BCUT2D eigenvalue weighted by molar-refractivity contribution is -0.525. The molecule has 0 heterocycles. The SMILES string of the molecule is NC(=NCCC[C@H](NC(=O)[C@@H](N)Cc1ccccc1)C(=O)OCc1ccccc1)N[N+](=O)[O-].O=C(O)C(F)(F)F. The van der Waals surface area contributed by atoms with Gasteiger partial charge in [-0.3, -0.25) is 4.79 Å². The number of carboxylic acid groups (broad SMARTS) is 1. The highest BCUT2D eigenvalue weighted by Gasteiger charge is 2.38. The van der Waals surface area contributed by atoms with Crippen molar-refractivity contribution in [2.24, 2.45) is 16.5 Å². The second-order valence-electron chi connectivity index (χ2n) is 8.03. The smallest absolute Gasteiger partial charge is 0.475 e. The fourth-order valence-electron chi connectivity index (χ4n) is 2.94. The zero-order valence-corrected chi connectivity index (χ0v) is 21.0. The molecule has 2 aromatic carbocycles. The summed E-state index contributed by atoms with van der Waals surface area (Å²) in [7, 11) is 0. The molecule has 40 heavy (non-hydrogen) atoms. The van der Waals surface area contributed by atoms with Crippen LogP contribution in [0.3, 0.4) is 0 Å². The van der Waals surface area contributed by atoms with Gasteiger partial charge < -0.3 is 26.6 Å².